The largest absolute Gasteiger partial charge is 0.392 e. The minimum absolute atomic E-state index is 0.113. The fourth-order valence-electron chi connectivity index (χ4n) is 4.33. The summed E-state index contributed by atoms with van der Waals surface area (Å²) in [6.45, 7) is 7.34. The van der Waals surface area contributed by atoms with Crippen LogP contribution in [0.1, 0.15) is 40.7 Å². The highest BCUT2D eigenvalue weighted by Crippen LogP contribution is 2.38. The van der Waals surface area contributed by atoms with Crippen molar-refractivity contribution in [2.24, 2.45) is 5.41 Å². The van der Waals surface area contributed by atoms with Crippen molar-refractivity contribution in [2.45, 2.75) is 39.2 Å². The molecule has 1 amide bonds. The zero-order valence-corrected chi connectivity index (χ0v) is 14.5. The molecule has 126 valence electrons. The third-order valence-electron chi connectivity index (χ3n) is 5.58. The summed E-state index contributed by atoms with van der Waals surface area (Å²) >= 11 is 0. The summed E-state index contributed by atoms with van der Waals surface area (Å²) in [5.41, 5.74) is 2.86. The lowest BCUT2D eigenvalue weighted by atomic mass is 9.71. The number of aryl methyl sites for hydroxylation is 2. The maximum atomic E-state index is 13.0. The Labute approximate surface area is 139 Å². The number of hydrogen-bond acceptors (Lipinski definition) is 3. The summed E-state index contributed by atoms with van der Waals surface area (Å²) < 4.78 is 0. The van der Waals surface area contributed by atoms with Crippen LogP contribution in [0.25, 0.3) is 0 Å². The maximum absolute atomic E-state index is 13.0. The van der Waals surface area contributed by atoms with Crippen molar-refractivity contribution in [1.29, 1.82) is 0 Å². The molecule has 0 aromatic heterocycles. The molecule has 2 saturated heterocycles. The number of aliphatic hydroxyl groups excluding tert-OH is 1. The predicted molar refractivity (Wildman–Crippen MR) is 91.6 cm³/mol. The van der Waals surface area contributed by atoms with Crippen LogP contribution in [0.5, 0.6) is 0 Å². The number of likely N-dealkylation sites (tertiary alicyclic amines) is 2. The predicted octanol–water partition coefficient (Wildman–Crippen LogP) is 2.22. The Hall–Kier alpha value is -1.39. The highest BCUT2D eigenvalue weighted by atomic mass is 16.3. The molecule has 1 N–H and O–H groups in total. The van der Waals surface area contributed by atoms with Gasteiger partial charge in [-0.1, -0.05) is 17.7 Å². The number of carbonyl (C=O) groups excluding carboxylic acids is 1. The van der Waals surface area contributed by atoms with Crippen molar-refractivity contribution in [2.75, 3.05) is 33.2 Å². The van der Waals surface area contributed by atoms with Gasteiger partial charge in [-0.15, -0.1) is 0 Å². The van der Waals surface area contributed by atoms with Crippen LogP contribution < -0.4 is 0 Å². The normalized spacial score (nSPS) is 29.0. The van der Waals surface area contributed by atoms with Gasteiger partial charge in [0.1, 0.15) is 0 Å². The van der Waals surface area contributed by atoms with Gasteiger partial charge in [0.05, 0.1) is 6.10 Å². The minimum Gasteiger partial charge on any atom is -0.392 e. The molecule has 2 heterocycles. The molecule has 1 aromatic carbocycles. The summed E-state index contributed by atoms with van der Waals surface area (Å²) in [6, 6.07) is 6.01. The number of carbonyl (C=O) groups is 1. The lowest BCUT2D eigenvalue weighted by molar-refractivity contribution is -0.0731. The van der Waals surface area contributed by atoms with Crippen molar-refractivity contribution < 1.29 is 9.90 Å². The van der Waals surface area contributed by atoms with E-state index in [4.69, 9.17) is 0 Å². The molecule has 0 aliphatic carbocycles. The third kappa shape index (κ3) is 3.15. The van der Waals surface area contributed by atoms with E-state index in [1.165, 1.54) is 5.56 Å². The molecule has 2 fully saturated rings. The van der Waals surface area contributed by atoms with Crippen LogP contribution in [0.2, 0.25) is 0 Å². The molecule has 0 radical (unpaired) electrons. The molecule has 0 unspecified atom stereocenters. The Morgan fingerprint density at radius 1 is 1.26 bits per heavy atom. The zero-order valence-electron chi connectivity index (χ0n) is 14.5. The van der Waals surface area contributed by atoms with Gasteiger partial charge >= 0.3 is 0 Å². The lowest BCUT2D eigenvalue weighted by Gasteiger charge is -2.50. The summed E-state index contributed by atoms with van der Waals surface area (Å²) in [5, 5.41) is 10.6. The highest BCUT2D eigenvalue weighted by molar-refractivity contribution is 5.95. The second kappa shape index (κ2) is 6.25. The van der Waals surface area contributed by atoms with Gasteiger partial charge in [-0.3, -0.25) is 4.79 Å². The standard InChI is InChI=1S/C19H28N2O2/c1-14-5-6-16(15(2)11-14)18(23)21-9-4-8-19(13-21)12-20(3)10-7-17(19)22/h5-6,11,17,22H,4,7-10,12-13H2,1-3H3/t17-,19-/m0/s1. The number of piperidine rings is 2. The van der Waals surface area contributed by atoms with Crippen LogP contribution in [0.4, 0.5) is 0 Å². The molecule has 23 heavy (non-hydrogen) atoms. The van der Waals surface area contributed by atoms with E-state index < -0.39 is 0 Å². The number of benzene rings is 1. The first-order valence-electron chi connectivity index (χ1n) is 8.64. The van der Waals surface area contributed by atoms with Gasteiger partial charge < -0.3 is 14.9 Å². The minimum atomic E-state index is -0.298. The average Bonchev–Trinajstić information content (AvgIpc) is 2.51. The Morgan fingerprint density at radius 2 is 2.04 bits per heavy atom. The molecule has 2 aliphatic rings. The topological polar surface area (TPSA) is 43.8 Å². The SMILES string of the molecule is Cc1ccc(C(=O)N2CCC[C@]3(CN(C)CC[C@@H]3O)C2)c(C)c1. The van der Waals surface area contributed by atoms with Crippen molar-refractivity contribution >= 4 is 5.91 Å². The van der Waals surface area contributed by atoms with Crippen molar-refractivity contribution in [3.63, 3.8) is 0 Å². The molecule has 0 bridgehead atoms. The lowest BCUT2D eigenvalue weighted by Crippen LogP contribution is -2.59. The number of amides is 1. The van der Waals surface area contributed by atoms with Crippen LogP contribution >= 0.6 is 0 Å². The Kier molecular flexibility index (Phi) is 4.47. The average molecular weight is 316 g/mol. The van der Waals surface area contributed by atoms with E-state index in [9.17, 15) is 9.90 Å². The van der Waals surface area contributed by atoms with Gasteiger partial charge in [0.25, 0.3) is 5.91 Å². The van der Waals surface area contributed by atoms with Crippen molar-refractivity contribution in [3.8, 4) is 0 Å². The fraction of sp³-hybridized carbons (Fsp3) is 0.632. The number of rotatable bonds is 1. The van der Waals surface area contributed by atoms with E-state index in [1.807, 2.05) is 30.9 Å². The molecule has 0 saturated carbocycles. The maximum Gasteiger partial charge on any atom is 0.254 e. The smallest absolute Gasteiger partial charge is 0.254 e. The van der Waals surface area contributed by atoms with E-state index in [1.54, 1.807) is 0 Å². The van der Waals surface area contributed by atoms with Crippen LogP contribution in [-0.2, 0) is 0 Å². The summed E-state index contributed by atoms with van der Waals surface area (Å²) in [4.78, 5) is 17.2. The van der Waals surface area contributed by atoms with Crippen molar-refractivity contribution in [1.82, 2.24) is 9.80 Å². The van der Waals surface area contributed by atoms with Gasteiger partial charge in [0.2, 0.25) is 0 Å². The fourth-order valence-corrected chi connectivity index (χ4v) is 4.33. The molecular weight excluding hydrogens is 288 g/mol. The molecular formula is C19H28N2O2. The molecule has 1 aromatic rings. The van der Waals surface area contributed by atoms with Gasteiger partial charge in [-0.2, -0.15) is 0 Å². The van der Waals surface area contributed by atoms with E-state index >= 15 is 0 Å². The van der Waals surface area contributed by atoms with Crippen molar-refractivity contribution in [3.05, 3.63) is 34.9 Å². The van der Waals surface area contributed by atoms with Crippen LogP contribution in [0, 0.1) is 19.3 Å². The third-order valence-corrected chi connectivity index (χ3v) is 5.58. The Morgan fingerprint density at radius 3 is 2.78 bits per heavy atom. The summed E-state index contributed by atoms with van der Waals surface area (Å²) in [5.74, 6) is 0.113. The zero-order chi connectivity index (χ0) is 16.6. The summed E-state index contributed by atoms with van der Waals surface area (Å²) in [7, 11) is 2.11. The number of aliphatic hydroxyl groups is 1. The summed E-state index contributed by atoms with van der Waals surface area (Å²) in [6.07, 6.45) is 2.49. The molecule has 1 spiro atoms. The quantitative estimate of drug-likeness (QED) is 0.864. The van der Waals surface area contributed by atoms with Crippen LogP contribution in [-0.4, -0.2) is 60.1 Å². The van der Waals surface area contributed by atoms with Gasteiger partial charge in [-0.25, -0.2) is 0 Å². The van der Waals surface area contributed by atoms with E-state index in [2.05, 4.69) is 18.0 Å². The van der Waals surface area contributed by atoms with E-state index in [0.717, 1.165) is 50.0 Å². The molecule has 2 atom stereocenters. The van der Waals surface area contributed by atoms with Gasteiger partial charge in [0, 0.05) is 37.2 Å². The van der Waals surface area contributed by atoms with Crippen LogP contribution in [0.15, 0.2) is 18.2 Å². The second-order valence-electron chi connectivity index (χ2n) is 7.55. The molecule has 4 heteroatoms. The Bertz CT molecular complexity index is 601. The van der Waals surface area contributed by atoms with Crippen LogP contribution in [0.3, 0.4) is 0 Å². The number of hydrogen-bond donors (Lipinski definition) is 1. The first-order valence-corrected chi connectivity index (χ1v) is 8.64. The Balaban J connectivity index is 1.81. The molecule has 2 aliphatic heterocycles. The molecule has 3 rings (SSSR count). The number of nitrogens with zero attached hydrogens (tertiary/aromatic N) is 2. The highest BCUT2D eigenvalue weighted by Gasteiger charge is 2.45. The first-order chi connectivity index (χ1) is 10.9. The second-order valence-corrected chi connectivity index (χ2v) is 7.55. The first kappa shape index (κ1) is 16.5. The molecule has 4 nitrogen and oxygen atoms in total. The van der Waals surface area contributed by atoms with Gasteiger partial charge in [-0.05, 0) is 51.8 Å². The van der Waals surface area contributed by atoms with E-state index in [-0.39, 0.29) is 17.4 Å². The monoisotopic (exact) mass is 316 g/mol. The van der Waals surface area contributed by atoms with Gasteiger partial charge in [0.15, 0.2) is 0 Å². The van der Waals surface area contributed by atoms with E-state index in [0.29, 0.717) is 6.54 Å².